The molecule has 2 fully saturated rings. The lowest BCUT2D eigenvalue weighted by Gasteiger charge is -2.27. The van der Waals surface area contributed by atoms with Gasteiger partial charge in [-0.1, -0.05) is 48.5 Å². The van der Waals surface area contributed by atoms with Gasteiger partial charge in [-0.15, -0.1) is 8.42 Å². The molecular weight excluding hydrogens is 612 g/mol. The van der Waals surface area contributed by atoms with Gasteiger partial charge in [0.1, 0.15) is 11.5 Å². The number of aryl methyl sites for hydroxylation is 4. The zero-order valence-electron chi connectivity index (χ0n) is 27.8. The third-order valence-electron chi connectivity index (χ3n) is 9.09. The first-order valence-electron chi connectivity index (χ1n) is 16.3. The van der Waals surface area contributed by atoms with Gasteiger partial charge in [0.15, 0.2) is 0 Å². The molecule has 0 aliphatic carbocycles. The summed E-state index contributed by atoms with van der Waals surface area (Å²) in [6.45, 7) is 17.2. The molecular formula is C38H44N2O6S. The van der Waals surface area contributed by atoms with Crippen LogP contribution in [0.1, 0.15) is 33.4 Å². The lowest BCUT2D eigenvalue weighted by Crippen LogP contribution is -2.35. The topological polar surface area (TPSA) is 77.5 Å². The predicted molar refractivity (Wildman–Crippen MR) is 185 cm³/mol. The number of hydrogen-bond donors (Lipinski definition) is 0. The van der Waals surface area contributed by atoms with E-state index in [-0.39, 0.29) is 11.5 Å². The van der Waals surface area contributed by atoms with Gasteiger partial charge in [-0.25, -0.2) is 0 Å². The smallest absolute Gasteiger partial charge is 0.379 e. The molecule has 0 amide bonds. The lowest BCUT2D eigenvalue weighted by molar-refractivity contribution is 0.0340. The molecule has 0 unspecified atom stereocenters. The molecule has 6 rings (SSSR count). The summed E-state index contributed by atoms with van der Waals surface area (Å²) in [6.07, 6.45) is 0. The van der Waals surface area contributed by atoms with Crippen LogP contribution >= 0.6 is 0 Å². The molecule has 0 spiro atoms. The van der Waals surface area contributed by atoms with E-state index in [4.69, 9.17) is 17.8 Å². The standard InChI is InChI=1S/C38H44N2O6S/c1-27-23-37(29(3)21-33(27)25-39-13-17-43-18-14-39)31-5-9-35(10-6-31)45-47(41,42)46-36-11-7-32(8-12-36)38-24-28(2)34(22-30(38)4)26-40-15-19-44-20-16-40/h5-12,21-24H,13-20,25-26H2,1-4H3. The van der Waals surface area contributed by atoms with Crippen molar-refractivity contribution in [2.45, 2.75) is 40.8 Å². The average molecular weight is 657 g/mol. The minimum absolute atomic E-state index is 0.187. The molecule has 2 aliphatic rings. The van der Waals surface area contributed by atoms with Crippen LogP contribution in [0.4, 0.5) is 0 Å². The van der Waals surface area contributed by atoms with Crippen molar-refractivity contribution in [2.75, 3.05) is 52.6 Å². The fourth-order valence-corrected chi connectivity index (χ4v) is 7.08. The second-order valence-electron chi connectivity index (χ2n) is 12.6. The van der Waals surface area contributed by atoms with Gasteiger partial charge in [0, 0.05) is 39.3 Å². The van der Waals surface area contributed by atoms with Gasteiger partial charge in [-0.3, -0.25) is 9.80 Å². The van der Waals surface area contributed by atoms with Crippen molar-refractivity contribution < 1.29 is 26.3 Å². The van der Waals surface area contributed by atoms with E-state index >= 15 is 0 Å². The molecule has 0 radical (unpaired) electrons. The Morgan fingerprint density at radius 2 is 0.915 bits per heavy atom. The maximum absolute atomic E-state index is 12.8. The maximum atomic E-state index is 12.8. The summed E-state index contributed by atoms with van der Waals surface area (Å²) >= 11 is 0. The summed E-state index contributed by atoms with van der Waals surface area (Å²) in [5.74, 6) is 0.374. The van der Waals surface area contributed by atoms with E-state index < -0.39 is 10.4 Å². The highest BCUT2D eigenvalue weighted by Gasteiger charge is 2.18. The molecule has 248 valence electrons. The lowest BCUT2D eigenvalue weighted by atomic mass is 9.94. The molecule has 0 atom stereocenters. The Labute approximate surface area is 279 Å². The van der Waals surface area contributed by atoms with Gasteiger partial charge >= 0.3 is 10.4 Å². The number of nitrogens with zero attached hydrogens (tertiary/aromatic N) is 2. The van der Waals surface area contributed by atoms with Crippen molar-refractivity contribution >= 4 is 10.4 Å². The Hall–Kier alpha value is -3.73. The molecule has 0 bridgehead atoms. The summed E-state index contributed by atoms with van der Waals surface area (Å²) in [5, 5.41) is 0. The Bertz CT molecular complexity index is 1670. The maximum Gasteiger partial charge on any atom is 0.500 e. The number of hydrogen-bond acceptors (Lipinski definition) is 8. The van der Waals surface area contributed by atoms with Crippen LogP contribution in [0.3, 0.4) is 0 Å². The molecule has 4 aromatic rings. The minimum atomic E-state index is -4.34. The number of morpholine rings is 2. The van der Waals surface area contributed by atoms with Gasteiger partial charge in [-0.2, -0.15) is 0 Å². The first kappa shape index (κ1) is 33.2. The number of benzene rings is 4. The summed E-state index contributed by atoms with van der Waals surface area (Å²) in [5.41, 5.74) is 11.6. The predicted octanol–water partition coefficient (Wildman–Crippen LogP) is 6.62. The van der Waals surface area contributed by atoms with E-state index in [1.165, 1.54) is 33.4 Å². The van der Waals surface area contributed by atoms with E-state index in [0.717, 1.165) is 87.9 Å². The Kier molecular flexibility index (Phi) is 10.3. The quantitative estimate of drug-likeness (QED) is 0.189. The van der Waals surface area contributed by atoms with E-state index in [9.17, 15) is 8.42 Å². The van der Waals surface area contributed by atoms with Gasteiger partial charge in [0.05, 0.1) is 26.4 Å². The van der Waals surface area contributed by atoms with Crippen LogP contribution in [0.25, 0.3) is 22.3 Å². The molecule has 47 heavy (non-hydrogen) atoms. The fourth-order valence-electron chi connectivity index (χ4n) is 6.35. The Morgan fingerprint density at radius 1 is 0.553 bits per heavy atom. The molecule has 0 aromatic heterocycles. The highest BCUT2D eigenvalue weighted by atomic mass is 32.3. The molecule has 0 saturated carbocycles. The van der Waals surface area contributed by atoms with Crippen LogP contribution in [-0.4, -0.2) is 70.8 Å². The molecule has 2 heterocycles. The van der Waals surface area contributed by atoms with Crippen LogP contribution in [-0.2, 0) is 33.0 Å². The summed E-state index contributed by atoms with van der Waals surface area (Å²) in [6, 6.07) is 23.0. The normalized spacial score (nSPS) is 16.3. The number of ether oxygens (including phenoxy) is 2. The largest absolute Gasteiger partial charge is 0.500 e. The Morgan fingerprint density at radius 3 is 1.28 bits per heavy atom. The SMILES string of the molecule is Cc1cc(-c2ccc(OS(=O)(=O)Oc3ccc(-c4cc(C)c(CN5CCOCC5)cc4C)cc3)cc2)c(C)cc1CN1CCOCC1. The molecule has 4 aromatic carbocycles. The van der Waals surface area contributed by atoms with Crippen LogP contribution < -0.4 is 8.37 Å². The highest BCUT2D eigenvalue weighted by Crippen LogP contribution is 2.31. The van der Waals surface area contributed by atoms with Crippen LogP contribution in [0.15, 0.2) is 72.8 Å². The first-order chi connectivity index (χ1) is 22.6. The molecule has 9 heteroatoms. The monoisotopic (exact) mass is 656 g/mol. The second kappa shape index (κ2) is 14.6. The third kappa shape index (κ3) is 8.41. The minimum Gasteiger partial charge on any atom is -0.379 e. The van der Waals surface area contributed by atoms with Gasteiger partial charge < -0.3 is 17.8 Å². The van der Waals surface area contributed by atoms with E-state index in [1.54, 1.807) is 24.3 Å². The van der Waals surface area contributed by atoms with Gasteiger partial charge in [0.2, 0.25) is 0 Å². The molecule has 2 aliphatic heterocycles. The Balaban J connectivity index is 1.08. The van der Waals surface area contributed by atoms with Crippen molar-refractivity contribution in [1.82, 2.24) is 9.80 Å². The van der Waals surface area contributed by atoms with Crippen LogP contribution in [0.5, 0.6) is 11.5 Å². The zero-order chi connectivity index (χ0) is 33.0. The highest BCUT2D eigenvalue weighted by molar-refractivity contribution is 7.82. The van der Waals surface area contributed by atoms with Crippen LogP contribution in [0.2, 0.25) is 0 Å². The van der Waals surface area contributed by atoms with E-state index in [2.05, 4.69) is 61.8 Å². The third-order valence-corrected chi connectivity index (χ3v) is 9.88. The van der Waals surface area contributed by atoms with Gasteiger partial charge in [0.25, 0.3) is 0 Å². The van der Waals surface area contributed by atoms with Crippen molar-refractivity contribution in [3.8, 4) is 33.8 Å². The average Bonchev–Trinajstić information content (AvgIpc) is 3.06. The van der Waals surface area contributed by atoms with Crippen molar-refractivity contribution in [1.29, 1.82) is 0 Å². The summed E-state index contributed by atoms with van der Waals surface area (Å²) in [4.78, 5) is 4.84. The van der Waals surface area contributed by atoms with Crippen molar-refractivity contribution in [3.63, 3.8) is 0 Å². The van der Waals surface area contributed by atoms with Crippen molar-refractivity contribution in [3.05, 3.63) is 106 Å². The fraction of sp³-hybridized carbons (Fsp3) is 0.368. The zero-order valence-corrected chi connectivity index (χ0v) is 28.6. The van der Waals surface area contributed by atoms with E-state index in [0.29, 0.717) is 0 Å². The van der Waals surface area contributed by atoms with Crippen LogP contribution in [0, 0.1) is 27.7 Å². The van der Waals surface area contributed by atoms with E-state index in [1.807, 2.05) is 24.3 Å². The number of rotatable bonds is 10. The molecule has 2 saturated heterocycles. The molecule has 0 N–H and O–H groups in total. The first-order valence-corrected chi connectivity index (χ1v) is 17.6. The second-order valence-corrected chi connectivity index (χ2v) is 13.7. The molecule has 8 nitrogen and oxygen atoms in total. The summed E-state index contributed by atoms with van der Waals surface area (Å²) in [7, 11) is -4.34. The van der Waals surface area contributed by atoms with Gasteiger partial charge in [-0.05, 0) is 108 Å². The van der Waals surface area contributed by atoms with Crippen molar-refractivity contribution in [2.24, 2.45) is 0 Å². The summed E-state index contributed by atoms with van der Waals surface area (Å²) < 4.78 is 47.2.